The number of hydrogen-bond donors (Lipinski definition) is 2. The van der Waals surface area contributed by atoms with Gasteiger partial charge >= 0.3 is 0 Å². The lowest BCUT2D eigenvalue weighted by atomic mass is 10.1. The number of hydrogen-bond acceptors (Lipinski definition) is 1. The predicted octanol–water partition coefficient (Wildman–Crippen LogP) is 3.87. The summed E-state index contributed by atoms with van der Waals surface area (Å²) in [6.45, 7) is 9.31. The summed E-state index contributed by atoms with van der Waals surface area (Å²) in [5, 5.41) is 12.7. The maximum Gasteiger partial charge on any atom is 0.208 e. The average molecular weight is 367 g/mol. The zero-order valence-electron chi connectivity index (χ0n) is 17.0. The van der Waals surface area contributed by atoms with Crippen LogP contribution in [0.25, 0.3) is 0 Å². The van der Waals surface area contributed by atoms with Gasteiger partial charge in [0.25, 0.3) is 0 Å². The topological polar surface area (TPSA) is 61.2 Å². The zero-order chi connectivity index (χ0) is 18.6. The Hall–Kier alpha value is 0.260. The van der Waals surface area contributed by atoms with E-state index >= 15 is 0 Å². The summed E-state index contributed by atoms with van der Waals surface area (Å²) >= 11 is 0. The molecule has 0 aliphatic rings. The molecule has 9 heteroatoms. The van der Waals surface area contributed by atoms with Crippen LogP contribution in [0.2, 0.25) is 0 Å². The summed E-state index contributed by atoms with van der Waals surface area (Å²) in [6.07, 6.45) is 1.01. The van der Waals surface area contributed by atoms with E-state index in [9.17, 15) is 5.16 Å². The SMILES string of the molecule is CCCN(C)P(=N)(N=P(N(C)C)(N(C)C)N(C)C)NC(C)(C)C. The van der Waals surface area contributed by atoms with Crippen molar-refractivity contribution in [2.45, 2.75) is 39.7 Å². The second-order valence-electron chi connectivity index (χ2n) is 7.51. The van der Waals surface area contributed by atoms with E-state index in [4.69, 9.17) is 4.52 Å². The highest BCUT2D eigenvalue weighted by Gasteiger charge is 2.35. The molecular formula is C14H39N7P2. The monoisotopic (exact) mass is 367 g/mol. The van der Waals surface area contributed by atoms with Crippen LogP contribution < -0.4 is 5.09 Å². The Morgan fingerprint density at radius 1 is 0.913 bits per heavy atom. The van der Waals surface area contributed by atoms with Crippen molar-refractivity contribution in [1.82, 2.24) is 23.8 Å². The highest BCUT2D eigenvalue weighted by Crippen LogP contribution is 2.65. The first-order valence-corrected chi connectivity index (χ1v) is 11.3. The third-order valence-electron chi connectivity index (χ3n) is 3.39. The minimum Gasteiger partial charge on any atom is -0.271 e. The molecule has 0 saturated heterocycles. The van der Waals surface area contributed by atoms with Crippen LogP contribution in [0.15, 0.2) is 4.52 Å². The molecule has 0 aliphatic carbocycles. The first-order valence-electron chi connectivity index (χ1n) is 8.05. The maximum atomic E-state index is 9.23. The largest absolute Gasteiger partial charge is 0.271 e. The highest BCUT2D eigenvalue weighted by atomic mass is 31.2. The molecule has 0 amide bonds. The van der Waals surface area contributed by atoms with Crippen molar-refractivity contribution >= 4 is 15.0 Å². The Balaban J connectivity index is 6.40. The van der Waals surface area contributed by atoms with Crippen LogP contribution in [0.4, 0.5) is 0 Å². The number of nitrogens with one attached hydrogen (secondary N) is 2. The van der Waals surface area contributed by atoms with Gasteiger partial charge in [0.05, 0.1) is 0 Å². The minimum atomic E-state index is -2.60. The normalized spacial score (nSPS) is 16.5. The van der Waals surface area contributed by atoms with Crippen molar-refractivity contribution in [3.63, 3.8) is 0 Å². The fourth-order valence-corrected chi connectivity index (χ4v) is 10.4. The molecule has 23 heavy (non-hydrogen) atoms. The molecule has 0 spiro atoms. The lowest BCUT2D eigenvalue weighted by Gasteiger charge is -2.44. The summed E-state index contributed by atoms with van der Waals surface area (Å²) in [6, 6.07) is 0. The van der Waals surface area contributed by atoms with Crippen LogP contribution in [0.5, 0.6) is 0 Å². The van der Waals surface area contributed by atoms with Crippen molar-refractivity contribution in [3.05, 3.63) is 0 Å². The molecule has 0 aromatic rings. The van der Waals surface area contributed by atoms with Gasteiger partial charge in [-0.2, -0.15) is 4.52 Å². The standard InChI is InChI=1S/C14H39N7P2/c1-12-13-21(11)22(15,16-14(2,3)4)17-23(18(5)6,19(7)8)20(9)10/h12-13H2,1-11H3,(H2,15,16). The molecule has 140 valence electrons. The molecular weight excluding hydrogens is 328 g/mol. The van der Waals surface area contributed by atoms with Crippen LogP contribution >= 0.6 is 15.0 Å². The van der Waals surface area contributed by atoms with E-state index in [0.717, 1.165) is 13.0 Å². The van der Waals surface area contributed by atoms with Crippen molar-refractivity contribution in [2.75, 3.05) is 55.9 Å². The van der Waals surface area contributed by atoms with Crippen molar-refractivity contribution < 1.29 is 0 Å². The van der Waals surface area contributed by atoms with Crippen LogP contribution in [0, 0.1) is 5.16 Å². The smallest absolute Gasteiger partial charge is 0.208 e. The molecule has 0 heterocycles. The van der Waals surface area contributed by atoms with Gasteiger partial charge in [-0.25, -0.2) is 9.76 Å². The summed E-state index contributed by atoms with van der Waals surface area (Å²) in [7, 11) is 9.63. The van der Waals surface area contributed by atoms with Gasteiger partial charge in [-0.05, 0) is 76.5 Å². The fraction of sp³-hybridized carbons (Fsp3) is 1.00. The Bertz CT molecular complexity index is 438. The number of nitrogens with zero attached hydrogens (tertiary/aromatic N) is 5. The first kappa shape index (κ1) is 23.3. The lowest BCUT2D eigenvalue weighted by molar-refractivity contribution is 0.461. The second kappa shape index (κ2) is 8.57. The summed E-state index contributed by atoms with van der Waals surface area (Å²) in [5.41, 5.74) is -0.165. The summed E-state index contributed by atoms with van der Waals surface area (Å²) in [5.74, 6) is 0. The molecule has 0 aromatic carbocycles. The molecule has 0 fully saturated rings. The Kier molecular flexibility index (Phi) is 8.67. The number of rotatable bonds is 8. The molecule has 2 N–H and O–H groups in total. The third kappa shape index (κ3) is 5.93. The van der Waals surface area contributed by atoms with Gasteiger partial charge in [-0.3, -0.25) is 19.2 Å². The van der Waals surface area contributed by atoms with Crippen LogP contribution in [0.1, 0.15) is 34.1 Å². The molecule has 0 rings (SSSR count). The Morgan fingerprint density at radius 3 is 1.57 bits per heavy atom. The van der Waals surface area contributed by atoms with Gasteiger partial charge in [0.2, 0.25) is 7.51 Å². The van der Waals surface area contributed by atoms with E-state index in [1.165, 1.54) is 0 Å². The van der Waals surface area contributed by atoms with E-state index in [-0.39, 0.29) is 5.54 Å². The molecule has 0 aliphatic heterocycles. The van der Waals surface area contributed by atoms with Gasteiger partial charge in [0.15, 0.2) is 7.51 Å². The van der Waals surface area contributed by atoms with Gasteiger partial charge in [0.1, 0.15) is 0 Å². The summed E-state index contributed by atoms with van der Waals surface area (Å²) < 4.78 is 13.8. The quantitative estimate of drug-likeness (QED) is 0.638. The van der Waals surface area contributed by atoms with Gasteiger partial charge in [-0.15, -0.1) is 0 Å². The van der Waals surface area contributed by atoms with Crippen LogP contribution in [-0.4, -0.2) is 80.1 Å². The van der Waals surface area contributed by atoms with Gasteiger partial charge in [-0.1, -0.05) is 6.92 Å². The van der Waals surface area contributed by atoms with Crippen LogP contribution in [-0.2, 0) is 0 Å². The van der Waals surface area contributed by atoms with Gasteiger partial charge < -0.3 is 0 Å². The third-order valence-corrected chi connectivity index (χ3v) is 10.8. The van der Waals surface area contributed by atoms with Crippen molar-refractivity contribution in [1.29, 1.82) is 5.16 Å². The lowest BCUT2D eigenvalue weighted by Crippen LogP contribution is -2.38. The summed E-state index contributed by atoms with van der Waals surface area (Å²) in [4.78, 5) is 0. The predicted molar refractivity (Wildman–Crippen MR) is 106 cm³/mol. The highest BCUT2D eigenvalue weighted by molar-refractivity contribution is 7.70. The second-order valence-corrected chi connectivity index (χ2v) is 13.8. The molecule has 0 saturated carbocycles. The average Bonchev–Trinajstić information content (AvgIpc) is 2.32. The molecule has 0 aromatic heterocycles. The van der Waals surface area contributed by atoms with Crippen molar-refractivity contribution in [3.8, 4) is 0 Å². The molecule has 0 radical (unpaired) electrons. The van der Waals surface area contributed by atoms with E-state index in [1.54, 1.807) is 0 Å². The van der Waals surface area contributed by atoms with Crippen molar-refractivity contribution in [2.24, 2.45) is 4.52 Å². The molecule has 1 unspecified atom stereocenters. The Morgan fingerprint density at radius 2 is 1.30 bits per heavy atom. The van der Waals surface area contributed by atoms with E-state index in [1.807, 2.05) is 7.05 Å². The van der Waals surface area contributed by atoms with Crippen LogP contribution in [0.3, 0.4) is 0 Å². The minimum absolute atomic E-state index is 0.165. The zero-order valence-corrected chi connectivity index (χ0v) is 18.8. The van der Waals surface area contributed by atoms with E-state index in [0.29, 0.717) is 0 Å². The molecule has 7 nitrogen and oxygen atoms in total. The van der Waals surface area contributed by atoms with Gasteiger partial charge in [0, 0.05) is 12.1 Å². The molecule has 0 bridgehead atoms. The van der Waals surface area contributed by atoms with E-state index in [2.05, 4.69) is 93.7 Å². The fourth-order valence-electron chi connectivity index (χ4n) is 2.60. The molecule has 1 atom stereocenters. The first-order chi connectivity index (χ1) is 10.2. The van der Waals surface area contributed by atoms with E-state index < -0.39 is 15.0 Å². The Labute approximate surface area is 144 Å². The maximum absolute atomic E-state index is 9.23.